The Balaban J connectivity index is 1.04. The number of anilines is 3. The van der Waals surface area contributed by atoms with Crippen molar-refractivity contribution in [1.29, 1.82) is 0 Å². The maximum absolute atomic E-state index is 2.47. The van der Waals surface area contributed by atoms with E-state index in [0.717, 1.165) is 29.9 Å². The Morgan fingerprint density at radius 2 is 1.14 bits per heavy atom. The van der Waals surface area contributed by atoms with Crippen LogP contribution in [0.3, 0.4) is 0 Å². The maximum Gasteiger partial charge on any atom is 0.0546 e. The van der Waals surface area contributed by atoms with Crippen LogP contribution in [0.15, 0.2) is 182 Å². The number of hydrogen-bond acceptors (Lipinski definition) is 1. The maximum atomic E-state index is 2.47. The Labute approximate surface area is 333 Å². The van der Waals surface area contributed by atoms with Gasteiger partial charge in [0.1, 0.15) is 0 Å². The van der Waals surface area contributed by atoms with Crippen molar-refractivity contribution in [2.24, 2.45) is 0 Å². The van der Waals surface area contributed by atoms with Crippen molar-refractivity contribution in [2.75, 3.05) is 4.90 Å². The zero-order valence-corrected chi connectivity index (χ0v) is 32.3. The number of hydrogen-bond donors (Lipinski definition) is 0. The molecule has 9 aromatic rings. The lowest BCUT2D eigenvalue weighted by atomic mass is 9.82. The van der Waals surface area contributed by atoms with Gasteiger partial charge in [0.2, 0.25) is 0 Å². The second-order valence-electron chi connectivity index (χ2n) is 16.0. The largest absolute Gasteiger partial charge is 0.310 e. The molecule has 0 atom stereocenters. The molecule has 0 radical (unpaired) electrons. The van der Waals surface area contributed by atoms with Crippen LogP contribution >= 0.6 is 0 Å². The van der Waals surface area contributed by atoms with E-state index in [4.69, 9.17) is 0 Å². The van der Waals surface area contributed by atoms with Crippen LogP contribution in [0.25, 0.3) is 72.9 Å². The Bertz CT molecular complexity index is 3130. The Morgan fingerprint density at radius 1 is 0.491 bits per heavy atom. The fourth-order valence-corrected chi connectivity index (χ4v) is 9.65. The van der Waals surface area contributed by atoms with Gasteiger partial charge >= 0.3 is 0 Å². The molecule has 0 amide bonds. The number of para-hydroxylation sites is 1. The summed E-state index contributed by atoms with van der Waals surface area (Å²) in [5.41, 5.74) is 16.0. The highest BCUT2D eigenvalue weighted by Crippen LogP contribution is 2.51. The molecule has 0 spiro atoms. The van der Waals surface area contributed by atoms with Gasteiger partial charge in [0.05, 0.1) is 11.2 Å². The highest BCUT2D eigenvalue weighted by Gasteiger charge is 2.36. The van der Waals surface area contributed by atoms with Gasteiger partial charge in [-0.25, -0.2) is 0 Å². The summed E-state index contributed by atoms with van der Waals surface area (Å²) in [5, 5.41) is 6.46. The first-order valence-electron chi connectivity index (χ1n) is 20.2. The van der Waals surface area contributed by atoms with Crippen molar-refractivity contribution in [3.05, 3.63) is 204 Å². The molecule has 8 aromatic carbocycles. The van der Waals surface area contributed by atoms with Crippen molar-refractivity contribution >= 4 is 50.9 Å². The lowest BCUT2D eigenvalue weighted by Crippen LogP contribution is -2.30. The van der Waals surface area contributed by atoms with Gasteiger partial charge in [-0.2, -0.15) is 0 Å². The fraction of sp³-hybridized carbons (Fsp3) is 0.0909. The summed E-state index contributed by atoms with van der Waals surface area (Å²) in [6.45, 7) is 4.73. The molecule has 11 rings (SSSR count). The predicted octanol–water partition coefficient (Wildman–Crippen LogP) is 13.2. The minimum Gasteiger partial charge on any atom is -0.310 e. The minimum atomic E-state index is -0.113. The van der Waals surface area contributed by atoms with Crippen LogP contribution < -0.4 is 15.5 Å². The molecular formula is C55H42N2. The average molecular weight is 731 g/mol. The molecule has 2 aliphatic carbocycles. The summed E-state index contributed by atoms with van der Waals surface area (Å²) in [5.74, 6) is 0. The zero-order chi connectivity index (χ0) is 38.1. The molecule has 0 bridgehead atoms. The summed E-state index contributed by atoms with van der Waals surface area (Å²) in [7, 11) is 0. The van der Waals surface area contributed by atoms with Crippen molar-refractivity contribution in [2.45, 2.75) is 32.1 Å². The molecule has 2 heteroatoms. The van der Waals surface area contributed by atoms with Crippen molar-refractivity contribution in [3.8, 4) is 39.1 Å². The monoisotopic (exact) mass is 730 g/mol. The smallest absolute Gasteiger partial charge is 0.0546 e. The highest BCUT2D eigenvalue weighted by molar-refractivity contribution is 6.05. The third-order valence-electron chi connectivity index (χ3n) is 12.4. The number of rotatable bonds is 6. The van der Waals surface area contributed by atoms with Crippen LogP contribution in [-0.2, 0) is 5.41 Å². The zero-order valence-electron chi connectivity index (χ0n) is 32.3. The summed E-state index contributed by atoms with van der Waals surface area (Å²) in [4.78, 5) is 2.47. The van der Waals surface area contributed by atoms with Crippen LogP contribution in [0.4, 0.5) is 17.1 Å². The van der Waals surface area contributed by atoms with E-state index in [1.54, 1.807) is 0 Å². The molecule has 2 aliphatic rings. The third kappa shape index (κ3) is 5.32. The van der Waals surface area contributed by atoms with E-state index in [0.29, 0.717) is 0 Å². The molecule has 1 heterocycles. The van der Waals surface area contributed by atoms with Gasteiger partial charge in [0.15, 0.2) is 0 Å². The first-order valence-corrected chi connectivity index (χ1v) is 20.2. The normalized spacial score (nSPS) is 13.7. The molecule has 0 aliphatic heterocycles. The summed E-state index contributed by atoms with van der Waals surface area (Å²) >= 11 is 0. The Hall–Kier alpha value is -6.90. The van der Waals surface area contributed by atoms with Crippen LogP contribution in [0, 0.1) is 0 Å². The van der Waals surface area contributed by atoms with Crippen LogP contribution in [-0.4, -0.2) is 4.57 Å². The fourth-order valence-electron chi connectivity index (χ4n) is 9.65. The molecular weight excluding hydrogens is 689 g/mol. The number of fused-ring (bicyclic) bond motifs is 7. The molecule has 0 saturated carbocycles. The van der Waals surface area contributed by atoms with E-state index >= 15 is 0 Å². The van der Waals surface area contributed by atoms with Crippen LogP contribution in [0.5, 0.6) is 0 Å². The SMILES string of the molecule is CC1(C)c2ccccc2-c2ccc(N(c3ccc(-c4ccc(-n5c6c(c7ccccc75)=CCCC=6)cc4)cc3)c3ccc4ccccc4c3-c3ccccc3)cc21. The standard InChI is InChI=1S/C55H42N2/c1-55(2)49-21-11-8-18-45(49)46-34-33-43(36-50(46)55)56(53-35-28-39-14-6-7-17-44(39)54(53)40-15-4-3-5-16-40)41-29-24-37(25-30-41)38-26-31-42(32-27-38)57-51-22-12-9-19-47(51)48-20-10-13-23-52(48)57/h3-9,11-12,14-36H,10,13H2,1-2H3. The quantitative estimate of drug-likeness (QED) is 0.165. The van der Waals surface area contributed by atoms with E-state index in [1.807, 2.05) is 0 Å². The molecule has 0 unspecified atom stereocenters. The van der Waals surface area contributed by atoms with Gasteiger partial charge in [0, 0.05) is 44.0 Å². The van der Waals surface area contributed by atoms with E-state index in [1.165, 1.54) is 82.4 Å². The van der Waals surface area contributed by atoms with Crippen molar-refractivity contribution < 1.29 is 0 Å². The topological polar surface area (TPSA) is 8.17 Å². The van der Waals surface area contributed by atoms with Crippen LogP contribution in [0.1, 0.15) is 37.8 Å². The van der Waals surface area contributed by atoms with E-state index < -0.39 is 0 Å². The van der Waals surface area contributed by atoms with Gasteiger partial charge < -0.3 is 9.47 Å². The van der Waals surface area contributed by atoms with E-state index in [-0.39, 0.29) is 5.41 Å². The molecule has 57 heavy (non-hydrogen) atoms. The van der Waals surface area contributed by atoms with E-state index in [2.05, 4.69) is 217 Å². The van der Waals surface area contributed by atoms with Crippen LogP contribution in [0.2, 0.25) is 0 Å². The molecule has 0 fully saturated rings. The Morgan fingerprint density at radius 3 is 1.96 bits per heavy atom. The molecule has 0 N–H and O–H groups in total. The highest BCUT2D eigenvalue weighted by atomic mass is 15.1. The number of nitrogens with zero attached hydrogens (tertiary/aromatic N) is 2. The number of aromatic nitrogens is 1. The first-order chi connectivity index (χ1) is 28.0. The predicted molar refractivity (Wildman–Crippen MR) is 241 cm³/mol. The second kappa shape index (κ2) is 13.1. The number of benzene rings is 8. The van der Waals surface area contributed by atoms with Gasteiger partial charge in [-0.15, -0.1) is 0 Å². The van der Waals surface area contributed by atoms with Crippen molar-refractivity contribution in [1.82, 2.24) is 4.57 Å². The average Bonchev–Trinajstić information content (AvgIpc) is 3.72. The molecule has 2 nitrogen and oxygen atoms in total. The molecule has 272 valence electrons. The van der Waals surface area contributed by atoms with Gasteiger partial charge in [-0.3, -0.25) is 0 Å². The van der Waals surface area contributed by atoms with Gasteiger partial charge in [0.25, 0.3) is 0 Å². The van der Waals surface area contributed by atoms with Crippen molar-refractivity contribution in [3.63, 3.8) is 0 Å². The van der Waals surface area contributed by atoms with E-state index in [9.17, 15) is 0 Å². The summed E-state index contributed by atoms with van der Waals surface area (Å²) in [6.07, 6.45) is 6.97. The molecule has 0 saturated heterocycles. The summed E-state index contributed by atoms with van der Waals surface area (Å²) in [6, 6.07) is 67.2. The first kappa shape index (κ1) is 33.4. The van der Waals surface area contributed by atoms with Gasteiger partial charge in [-0.05, 0) is 111 Å². The third-order valence-corrected chi connectivity index (χ3v) is 12.4. The minimum absolute atomic E-state index is 0.113. The Kier molecular flexibility index (Phi) is 7.69. The molecule has 1 aromatic heterocycles. The lowest BCUT2D eigenvalue weighted by molar-refractivity contribution is 0.660. The second-order valence-corrected chi connectivity index (χ2v) is 16.0. The van der Waals surface area contributed by atoms with Gasteiger partial charge in [-0.1, -0.05) is 159 Å². The lowest BCUT2D eigenvalue weighted by Gasteiger charge is -2.30. The summed E-state index contributed by atoms with van der Waals surface area (Å²) < 4.78 is 2.43.